The summed E-state index contributed by atoms with van der Waals surface area (Å²) in [4.78, 5) is 24.1. The van der Waals surface area contributed by atoms with Gasteiger partial charge in [-0.3, -0.25) is 9.69 Å². The summed E-state index contributed by atoms with van der Waals surface area (Å²) in [7, 11) is 1.34. The molecule has 0 aliphatic heterocycles. The third-order valence-electron chi connectivity index (χ3n) is 3.31. The van der Waals surface area contributed by atoms with E-state index in [2.05, 4.69) is 4.74 Å². The number of hydrogen-bond acceptors (Lipinski definition) is 4. The lowest BCUT2D eigenvalue weighted by Gasteiger charge is -2.26. The van der Waals surface area contributed by atoms with Crippen molar-refractivity contribution in [3.8, 4) is 0 Å². The molecule has 0 fully saturated rings. The van der Waals surface area contributed by atoms with Gasteiger partial charge in [0.15, 0.2) is 0 Å². The van der Waals surface area contributed by atoms with Crippen molar-refractivity contribution < 1.29 is 19.4 Å². The molecule has 0 aliphatic carbocycles. The number of aliphatic carboxylic acids is 1. The molecular formula is C15H21NO4. The van der Waals surface area contributed by atoms with Crippen LogP contribution in [0.15, 0.2) is 24.3 Å². The summed E-state index contributed by atoms with van der Waals surface area (Å²) in [5, 5.41) is 8.95. The molecule has 0 saturated carbocycles. The second-order valence-electron chi connectivity index (χ2n) is 4.74. The van der Waals surface area contributed by atoms with Gasteiger partial charge in [-0.15, -0.1) is 0 Å². The highest BCUT2D eigenvalue weighted by molar-refractivity contribution is 5.89. The Hall–Kier alpha value is -1.88. The largest absolute Gasteiger partial charge is 0.480 e. The van der Waals surface area contributed by atoms with Crippen LogP contribution in [0.2, 0.25) is 0 Å². The molecule has 0 bridgehead atoms. The second-order valence-corrected chi connectivity index (χ2v) is 4.74. The van der Waals surface area contributed by atoms with Crippen molar-refractivity contribution in [2.45, 2.75) is 32.9 Å². The zero-order valence-electron chi connectivity index (χ0n) is 12.1. The molecule has 0 aromatic heterocycles. The molecule has 1 aromatic carbocycles. The minimum absolute atomic E-state index is 0.00770. The molecule has 20 heavy (non-hydrogen) atoms. The lowest BCUT2D eigenvalue weighted by molar-refractivity contribution is -0.139. The number of carboxylic acids is 1. The van der Waals surface area contributed by atoms with Gasteiger partial charge in [-0.2, -0.15) is 0 Å². The summed E-state index contributed by atoms with van der Waals surface area (Å²) in [6, 6.07) is 7.21. The molecule has 1 unspecified atom stereocenters. The number of nitrogens with zero attached hydrogens (tertiary/aromatic N) is 1. The van der Waals surface area contributed by atoms with Crippen molar-refractivity contribution in [1.82, 2.24) is 4.90 Å². The van der Waals surface area contributed by atoms with Crippen molar-refractivity contribution in [2.24, 2.45) is 0 Å². The molecular weight excluding hydrogens is 258 g/mol. The van der Waals surface area contributed by atoms with Crippen molar-refractivity contribution >= 4 is 11.9 Å². The Bertz CT molecular complexity index is 455. The predicted octanol–water partition coefficient (Wildman–Crippen LogP) is 2.16. The number of carboxylic acid groups (broad SMARTS) is 1. The van der Waals surface area contributed by atoms with Crippen molar-refractivity contribution in [3.63, 3.8) is 0 Å². The Balaban J connectivity index is 2.78. The molecule has 110 valence electrons. The first-order valence-electron chi connectivity index (χ1n) is 6.61. The van der Waals surface area contributed by atoms with Crippen LogP contribution in [0.5, 0.6) is 0 Å². The van der Waals surface area contributed by atoms with E-state index in [4.69, 9.17) is 5.11 Å². The van der Waals surface area contributed by atoms with E-state index < -0.39 is 5.97 Å². The van der Waals surface area contributed by atoms with Crippen LogP contribution in [-0.2, 0) is 16.1 Å². The van der Waals surface area contributed by atoms with Crippen LogP contribution in [0, 0.1) is 0 Å². The molecule has 0 radical (unpaired) electrons. The Morgan fingerprint density at radius 3 is 2.35 bits per heavy atom. The quantitative estimate of drug-likeness (QED) is 0.775. The van der Waals surface area contributed by atoms with Crippen molar-refractivity contribution in [2.75, 3.05) is 13.7 Å². The van der Waals surface area contributed by atoms with Gasteiger partial charge in [-0.05, 0) is 31.0 Å². The molecule has 0 amide bonds. The Kier molecular flexibility index (Phi) is 6.18. The fraction of sp³-hybridized carbons (Fsp3) is 0.467. The fourth-order valence-corrected chi connectivity index (χ4v) is 1.90. The molecule has 5 nitrogen and oxygen atoms in total. The van der Waals surface area contributed by atoms with E-state index in [1.165, 1.54) is 7.11 Å². The highest BCUT2D eigenvalue weighted by Crippen LogP contribution is 2.12. The molecule has 1 aromatic rings. The molecule has 0 saturated heterocycles. The minimum Gasteiger partial charge on any atom is -0.480 e. The zero-order chi connectivity index (χ0) is 15.1. The maximum atomic E-state index is 11.3. The normalized spacial score (nSPS) is 12.2. The highest BCUT2D eigenvalue weighted by atomic mass is 16.5. The molecule has 0 aliphatic rings. The van der Waals surface area contributed by atoms with Gasteiger partial charge in [0.1, 0.15) is 0 Å². The van der Waals surface area contributed by atoms with Crippen LogP contribution in [0.1, 0.15) is 36.2 Å². The number of rotatable bonds is 7. The summed E-state index contributed by atoms with van der Waals surface area (Å²) in [5.41, 5.74) is 1.46. The van der Waals surface area contributed by atoms with E-state index in [0.29, 0.717) is 12.1 Å². The van der Waals surface area contributed by atoms with Gasteiger partial charge in [-0.1, -0.05) is 19.1 Å². The zero-order valence-corrected chi connectivity index (χ0v) is 12.1. The van der Waals surface area contributed by atoms with Crippen LogP contribution in [-0.4, -0.2) is 41.6 Å². The third kappa shape index (κ3) is 4.66. The van der Waals surface area contributed by atoms with E-state index in [9.17, 15) is 9.59 Å². The standard InChI is InChI=1S/C15H21NO4/c1-4-11(2)16(10-14(17)18)9-12-5-7-13(8-6-12)15(19)20-3/h5-8,11H,4,9-10H2,1-3H3,(H,17,18). The topological polar surface area (TPSA) is 66.8 Å². The van der Waals surface area contributed by atoms with Crippen LogP contribution in [0.25, 0.3) is 0 Å². The van der Waals surface area contributed by atoms with Gasteiger partial charge in [0, 0.05) is 12.6 Å². The number of ether oxygens (including phenoxy) is 1. The van der Waals surface area contributed by atoms with Crippen LogP contribution >= 0.6 is 0 Å². The first kappa shape index (κ1) is 16.2. The Morgan fingerprint density at radius 2 is 1.90 bits per heavy atom. The number of benzene rings is 1. The summed E-state index contributed by atoms with van der Waals surface area (Å²) >= 11 is 0. The molecule has 1 N–H and O–H groups in total. The monoisotopic (exact) mass is 279 g/mol. The lowest BCUT2D eigenvalue weighted by Crippen LogP contribution is -2.36. The third-order valence-corrected chi connectivity index (χ3v) is 3.31. The van der Waals surface area contributed by atoms with Gasteiger partial charge in [-0.25, -0.2) is 4.79 Å². The van der Waals surface area contributed by atoms with Crippen LogP contribution in [0.4, 0.5) is 0 Å². The smallest absolute Gasteiger partial charge is 0.337 e. The van der Waals surface area contributed by atoms with Crippen LogP contribution < -0.4 is 0 Å². The predicted molar refractivity (Wildman–Crippen MR) is 75.6 cm³/mol. The van der Waals surface area contributed by atoms with Gasteiger partial charge >= 0.3 is 11.9 Å². The van der Waals surface area contributed by atoms with Crippen LogP contribution in [0.3, 0.4) is 0 Å². The molecule has 1 atom stereocenters. The molecule has 0 spiro atoms. The first-order chi connectivity index (χ1) is 9.47. The second kappa shape index (κ2) is 7.65. The number of esters is 1. The highest BCUT2D eigenvalue weighted by Gasteiger charge is 2.16. The Labute approximate surface area is 119 Å². The van der Waals surface area contributed by atoms with Crippen molar-refractivity contribution in [3.05, 3.63) is 35.4 Å². The van der Waals surface area contributed by atoms with E-state index in [0.717, 1.165) is 12.0 Å². The van der Waals surface area contributed by atoms with Gasteiger partial charge in [0.25, 0.3) is 0 Å². The summed E-state index contributed by atoms with van der Waals surface area (Å²) in [5.74, 6) is -1.21. The lowest BCUT2D eigenvalue weighted by atomic mass is 10.1. The SMILES string of the molecule is CCC(C)N(CC(=O)O)Cc1ccc(C(=O)OC)cc1. The van der Waals surface area contributed by atoms with E-state index in [1.54, 1.807) is 12.1 Å². The van der Waals surface area contributed by atoms with Crippen molar-refractivity contribution in [1.29, 1.82) is 0 Å². The maximum absolute atomic E-state index is 11.3. The average Bonchev–Trinajstić information content (AvgIpc) is 2.45. The van der Waals surface area contributed by atoms with E-state index >= 15 is 0 Å². The molecule has 5 heteroatoms. The number of carbonyl (C=O) groups is 2. The number of carbonyl (C=O) groups excluding carboxylic acids is 1. The summed E-state index contributed by atoms with van der Waals surface area (Å²) < 4.78 is 4.64. The number of hydrogen-bond donors (Lipinski definition) is 1. The average molecular weight is 279 g/mol. The number of methoxy groups -OCH3 is 1. The summed E-state index contributed by atoms with van der Waals surface area (Å²) in [6.45, 7) is 4.59. The summed E-state index contributed by atoms with van der Waals surface area (Å²) in [6.07, 6.45) is 0.882. The van der Waals surface area contributed by atoms with Gasteiger partial charge in [0.2, 0.25) is 0 Å². The van der Waals surface area contributed by atoms with Gasteiger partial charge < -0.3 is 9.84 Å². The Morgan fingerprint density at radius 1 is 1.30 bits per heavy atom. The van der Waals surface area contributed by atoms with E-state index in [1.807, 2.05) is 30.9 Å². The molecule has 0 heterocycles. The minimum atomic E-state index is -0.837. The van der Waals surface area contributed by atoms with Gasteiger partial charge in [0.05, 0.1) is 19.2 Å². The fourth-order valence-electron chi connectivity index (χ4n) is 1.90. The first-order valence-corrected chi connectivity index (χ1v) is 6.61. The molecule has 1 rings (SSSR count). The van der Waals surface area contributed by atoms with E-state index in [-0.39, 0.29) is 18.6 Å². The maximum Gasteiger partial charge on any atom is 0.337 e.